The van der Waals surface area contributed by atoms with E-state index in [-0.39, 0.29) is 0 Å². The predicted octanol–water partition coefficient (Wildman–Crippen LogP) is 1.47. The van der Waals surface area contributed by atoms with Crippen LogP contribution in [0.15, 0.2) is 11.9 Å². The Balaban J connectivity index is 2.25. The quantitative estimate of drug-likeness (QED) is 0.418. The van der Waals surface area contributed by atoms with Crippen molar-refractivity contribution in [3.8, 4) is 0 Å². The summed E-state index contributed by atoms with van der Waals surface area (Å²) in [5, 5.41) is 0. The highest BCUT2D eigenvalue weighted by Crippen LogP contribution is 2.42. The molecule has 0 fully saturated rings. The first kappa shape index (κ1) is 5.77. The Hall–Kier alpha value is -0.360. The minimum Gasteiger partial charge on any atom is -0.443 e. The van der Waals surface area contributed by atoms with E-state index in [1.165, 1.54) is 0 Å². The van der Waals surface area contributed by atoms with Gasteiger partial charge >= 0.3 is 0 Å². The molecule has 0 aromatic heterocycles. The molecule has 0 saturated heterocycles. The summed E-state index contributed by atoms with van der Waals surface area (Å²) >= 11 is 0. The summed E-state index contributed by atoms with van der Waals surface area (Å²) in [5.74, 6) is 1.98. The number of carbonyl (C=O) groups is 1. The van der Waals surface area contributed by atoms with Crippen molar-refractivity contribution in [2.75, 3.05) is 6.16 Å². The summed E-state index contributed by atoms with van der Waals surface area (Å²) in [4.78, 5) is 9.72. The van der Waals surface area contributed by atoms with Gasteiger partial charge in [-0.15, -0.1) is 0 Å². The highest BCUT2D eigenvalue weighted by molar-refractivity contribution is 7.56. The summed E-state index contributed by atoms with van der Waals surface area (Å²) in [5.41, 5.74) is 0. The highest BCUT2D eigenvalue weighted by Gasteiger charge is 2.07. The second-order valence-corrected chi connectivity index (χ2v) is 3.31. The lowest BCUT2D eigenvalue weighted by Crippen LogP contribution is -1.78. The fraction of sp³-hybridized carbons (Fsp3) is 0.400. The molecule has 3 heteroatoms. The van der Waals surface area contributed by atoms with Crippen LogP contribution in [0.4, 0.5) is 0 Å². The number of hydrogen-bond acceptors (Lipinski definition) is 2. The zero-order valence-corrected chi connectivity index (χ0v) is 5.30. The molecule has 0 aromatic rings. The Bertz CT molecular complexity index is 111. The average Bonchev–Trinajstić information content (AvgIpc) is 2.19. The SMILES string of the molecule is O=COP1C=CCC1. The first-order valence-corrected chi connectivity index (χ1v) is 3.98. The molecule has 0 radical (unpaired) electrons. The third-order valence-electron chi connectivity index (χ3n) is 0.966. The van der Waals surface area contributed by atoms with Crippen LogP contribution in [-0.2, 0) is 9.32 Å². The van der Waals surface area contributed by atoms with Gasteiger partial charge in [0.15, 0.2) is 0 Å². The summed E-state index contributed by atoms with van der Waals surface area (Å²) in [6, 6.07) is 0. The normalized spacial score (nSPS) is 25.8. The maximum absolute atomic E-state index is 9.72. The van der Waals surface area contributed by atoms with E-state index in [0.29, 0.717) is 6.47 Å². The van der Waals surface area contributed by atoms with Gasteiger partial charge in [0.25, 0.3) is 6.47 Å². The van der Waals surface area contributed by atoms with E-state index in [2.05, 4.69) is 6.08 Å². The molecule has 0 bridgehead atoms. The third-order valence-corrected chi connectivity index (χ3v) is 2.57. The van der Waals surface area contributed by atoms with Crippen molar-refractivity contribution in [3.05, 3.63) is 11.9 Å². The van der Waals surface area contributed by atoms with Crippen LogP contribution >= 0.6 is 8.15 Å². The largest absolute Gasteiger partial charge is 0.443 e. The molecule has 1 aliphatic rings. The second kappa shape index (κ2) is 2.83. The number of rotatable bonds is 2. The minimum absolute atomic E-state index is 0.494. The molecule has 0 saturated carbocycles. The van der Waals surface area contributed by atoms with E-state index >= 15 is 0 Å². The molecule has 0 spiro atoms. The first-order chi connectivity index (χ1) is 3.93. The summed E-state index contributed by atoms with van der Waals surface area (Å²) in [6.07, 6.45) is 4.14. The maximum Gasteiger partial charge on any atom is 0.296 e. The molecular formula is C5H7O2P. The predicted molar refractivity (Wildman–Crippen MR) is 32.7 cm³/mol. The fourth-order valence-electron chi connectivity index (χ4n) is 0.612. The summed E-state index contributed by atoms with van der Waals surface area (Å²) in [7, 11) is -0.494. The molecule has 1 heterocycles. The zero-order valence-electron chi connectivity index (χ0n) is 4.41. The topological polar surface area (TPSA) is 26.3 Å². The Morgan fingerprint density at radius 3 is 3.12 bits per heavy atom. The van der Waals surface area contributed by atoms with Gasteiger partial charge in [0, 0.05) is 6.16 Å². The molecule has 44 valence electrons. The summed E-state index contributed by atoms with van der Waals surface area (Å²) in [6.45, 7) is 0.529. The standard InChI is InChI=1S/C5H7O2P/c6-5-7-8-3-1-2-4-8/h1,3,5H,2,4H2. The molecule has 1 atom stereocenters. The molecule has 0 N–H and O–H groups in total. The average molecular weight is 130 g/mol. The molecule has 8 heavy (non-hydrogen) atoms. The molecular weight excluding hydrogens is 123 g/mol. The van der Waals surface area contributed by atoms with E-state index in [4.69, 9.17) is 4.52 Å². The Kier molecular flexibility index (Phi) is 2.04. The smallest absolute Gasteiger partial charge is 0.296 e. The number of allylic oxidation sites excluding steroid dienone is 1. The monoisotopic (exact) mass is 130 g/mol. The molecule has 0 aliphatic carbocycles. The van der Waals surface area contributed by atoms with Gasteiger partial charge in [0.05, 0.1) is 0 Å². The van der Waals surface area contributed by atoms with Crippen molar-refractivity contribution in [2.24, 2.45) is 0 Å². The van der Waals surface area contributed by atoms with Crippen LogP contribution in [0.3, 0.4) is 0 Å². The zero-order chi connectivity index (χ0) is 5.82. The Morgan fingerprint density at radius 2 is 2.62 bits per heavy atom. The van der Waals surface area contributed by atoms with Gasteiger partial charge < -0.3 is 4.52 Å². The molecule has 2 nitrogen and oxygen atoms in total. The molecule has 1 unspecified atom stereocenters. The number of carbonyl (C=O) groups excluding carboxylic acids is 1. The van der Waals surface area contributed by atoms with Crippen LogP contribution < -0.4 is 0 Å². The van der Waals surface area contributed by atoms with Crippen LogP contribution in [0.25, 0.3) is 0 Å². The van der Waals surface area contributed by atoms with Crippen LogP contribution in [0, 0.1) is 0 Å². The van der Waals surface area contributed by atoms with Crippen molar-refractivity contribution in [1.29, 1.82) is 0 Å². The van der Waals surface area contributed by atoms with Gasteiger partial charge in [-0.05, 0) is 12.2 Å². The molecule has 0 amide bonds. The van der Waals surface area contributed by atoms with Crippen molar-refractivity contribution >= 4 is 14.6 Å². The van der Waals surface area contributed by atoms with Crippen LogP contribution in [-0.4, -0.2) is 12.6 Å². The summed E-state index contributed by atoms with van der Waals surface area (Å²) < 4.78 is 4.70. The third kappa shape index (κ3) is 1.31. The highest BCUT2D eigenvalue weighted by atomic mass is 31.1. The van der Waals surface area contributed by atoms with Crippen LogP contribution in [0.5, 0.6) is 0 Å². The Labute approximate surface area is 49.4 Å². The van der Waals surface area contributed by atoms with Crippen LogP contribution in [0.1, 0.15) is 6.42 Å². The van der Waals surface area contributed by atoms with Gasteiger partial charge in [-0.3, -0.25) is 4.79 Å². The van der Waals surface area contributed by atoms with E-state index in [1.807, 2.05) is 5.82 Å². The van der Waals surface area contributed by atoms with E-state index < -0.39 is 8.15 Å². The fourth-order valence-corrected chi connectivity index (χ4v) is 1.83. The molecule has 1 rings (SSSR count). The van der Waals surface area contributed by atoms with Crippen molar-refractivity contribution in [3.63, 3.8) is 0 Å². The van der Waals surface area contributed by atoms with E-state index in [0.717, 1.165) is 12.6 Å². The van der Waals surface area contributed by atoms with Crippen molar-refractivity contribution in [2.45, 2.75) is 6.42 Å². The van der Waals surface area contributed by atoms with Gasteiger partial charge in [-0.25, -0.2) is 0 Å². The maximum atomic E-state index is 9.72. The van der Waals surface area contributed by atoms with E-state index in [1.54, 1.807) is 0 Å². The van der Waals surface area contributed by atoms with Crippen molar-refractivity contribution < 1.29 is 9.32 Å². The van der Waals surface area contributed by atoms with Gasteiger partial charge in [-0.2, -0.15) is 0 Å². The lowest BCUT2D eigenvalue weighted by Gasteiger charge is -2.00. The van der Waals surface area contributed by atoms with Gasteiger partial charge in [0.1, 0.15) is 8.15 Å². The van der Waals surface area contributed by atoms with E-state index in [9.17, 15) is 4.79 Å². The number of hydrogen-bond donors (Lipinski definition) is 0. The second-order valence-electron chi connectivity index (χ2n) is 1.52. The van der Waals surface area contributed by atoms with Crippen molar-refractivity contribution in [1.82, 2.24) is 0 Å². The molecule has 0 aromatic carbocycles. The van der Waals surface area contributed by atoms with Gasteiger partial charge in [0.2, 0.25) is 0 Å². The Morgan fingerprint density at radius 1 is 1.75 bits per heavy atom. The lowest BCUT2D eigenvalue weighted by atomic mass is 10.5. The van der Waals surface area contributed by atoms with Gasteiger partial charge in [-0.1, -0.05) is 6.08 Å². The lowest BCUT2D eigenvalue weighted by molar-refractivity contribution is -0.120. The molecule has 1 aliphatic heterocycles. The van der Waals surface area contributed by atoms with Crippen LogP contribution in [0.2, 0.25) is 0 Å². The minimum atomic E-state index is -0.494. The first-order valence-electron chi connectivity index (χ1n) is 2.47.